The number of alkyl halides is 3. The average Bonchev–Trinajstić information content (AvgIpc) is 3.14. The molecule has 0 amide bonds. The van der Waals surface area contributed by atoms with Crippen molar-refractivity contribution >= 4 is 23.1 Å². The Morgan fingerprint density at radius 3 is 2.74 bits per heavy atom. The summed E-state index contributed by atoms with van der Waals surface area (Å²) >= 11 is 0. The molecule has 1 aliphatic heterocycles. The molecule has 0 spiro atoms. The lowest BCUT2D eigenvalue weighted by Gasteiger charge is -2.15. The van der Waals surface area contributed by atoms with E-state index < -0.39 is 11.7 Å². The quantitative estimate of drug-likeness (QED) is 0.627. The first-order chi connectivity index (χ1) is 12.9. The molecule has 3 heterocycles. The average molecular weight is 378 g/mol. The van der Waals surface area contributed by atoms with E-state index in [1.165, 1.54) is 13.2 Å². The number of nitrogens with zero attached hydrogens (tertiary/aromatic N) is 4. The molecular weight excluding hydrogens is 361 g/mol. The predicted octanol–water partition coefficient (Wildman–Crippen LogP) is 2.32. The molecule has 1 fully saturated rings. The van der Waals surface area contributed by atoms with Gasteiger partial charge in [0, 0.05) is 25.8 Å². The van der Waals surface area contributed by atoms with E-state index in [4.69, 9.17) is 0 Å². The van der Waals surface area contributed by atoms with Crippen molar-refractivity contribution in [2.45, 2.75) is 18.6 Å². The molecule has 4 N–H and O–H groups in total. The Morgan fingerprint density at radius 1 is 1.30 bits per heavy atom. The number of hydrogen-bond acceptors (Lipinski definition) is 8. The minimum atomic E-state index is -4.56. The fraction of sp³-hybridized carbons (Fsp3) is 0.375. The number of rotatable bonds is 5. The highest BCUT2D eigenvalue weighted by Gasteiger charge is 2.35. The number of nitrogens with one attached hydrogen (secondary N) is 4. The molecule has 3 rings (SSSR count). The van der Waals surface area contributed by atoms with Gasteiger partial charge in [-0.2, -0.15) is 23.4 Å². The van der Waals surface area contributed by atoms with Gasteiger partial charge >= 0.3 is 6.18 Å². The number of hydrogen-bond donors (Lipinski definition) is 4. The topological polar surface area (TPSA) is 111 Å². The van der Waals surface area contributed by atoms with Crippen LogP contribution in [-0.4, -0.2) is 41.1 Å². The van der Waals surface area contributed by atoms with Gasteiger partial charge in [0.25, 0.3) is 0 Å². The Morgan fingerprint density at radius 2 is 2.11 bits per heavy atom. The zero-order valence-corrected chi connectivity index (χ0v) is 14.4. The summed E-state index contributed by atoms with van der Waals surface area (Å²) in [6.45, 7) is 1.66. The Bertz CT molecular complexity index is 856. The molecule has 0 radical (unpaired) electrons. The molecule has 1 aliphatic rings. The maximum Gasteiger partial charge on any atom is 0.421 e. The van der Waals surface area contributed by atoms with Gasteiger partial charge in [0.2, 0.25) is 5.95 Å². The maximum absolute atomic E-state index is 12.9. The van der Waals surface area contributed by atoms with Gasteiger partial charge in [0.15, 0.2) is 5.69 Å². The molecule has 11 heteroatoms. The van der Waals surface area contributed by atoms with Gasteiger partial charge in [-0.15, -0.1) is 0 Å². The van der Waals surface area contributed by atoms with Crippen LogP contribution < -0.4 is 21.3 Å². The Balaban J connectivity index is 1.84. The van der Waals surface area contributed by atoms with E-state index in [0.29, 0.717) is 17.6 Å². The van der Waals surface area contributed by atoms with Gasteiger partial charge in [-0.1, -0.05) is 0 Å². The number of aromatic nitrogens is 3. The molecule has 2 aromatic heterocycles. The van der Waals surface area contributed by atoms with Crippen LogP contribution in [0.25, 0.3) is 0 Å². The van der Waals surface area contributed by atoms with Crippen molar-refractivity contribution in [3.63, 3.8) is 0 Å². The molecule has 2 aromatic rings. The Labute approximate surface area is 153 Å². The summed E-state index contributed by atoms with van der Waals surface area (Å²) in [5, 5.41) is 20.9. The van der Waals surface area contributed by atoms with E-state index in [0.717, 1.165) is 19.5 Å². The predicted molar refractivity (Wildman–Crippen MR) is 93.7 cm³/mol. The monoisotopic (exact) mass is 378 g/mol. The fourth-order valence-electron chi connectivity index (χ4n) is 2.70. The van der Waals surface area contributed by atoms with Crippen LogP contribution in [0.5, 0.6) is 0 Å². The summed E-state index contributed by atoms with van der Waals surface area (Å²) in [6, 6.07) is 3.85. The minimum absolute atomic E-state index is 0.0210. The molecule has 1 atom stereocenters. The summed E-state index contributed by atoms with van der Waals surface area (Å²) in [4.78, 5) is 11.6. The standard InChI is InChI=1S/C16H17F3N8/c1-21-14-11(16(17,18)19)8-24-15(27-14)26-10-4-12(13(5-20)23-7-10)25-9-2-3-22-6-9/h4,7-9,22,25H,2-3,6H2,1H3,(H2,21,24,26,27)/t9-/m0/s1. The first-order valence-corrected chi connectivity index (χ1v) is 8.17. The summed E-state index contributed by atoms with van der Waals surface area (Å²) in [7, 11) is 1.35. The van der Waals surface area contributed by atoms with Crippen molar-refractivity contribution in [3.05, 3.63) is 29.7 Å². The van der Waals surface area contributed by atoms with Crippen LogP contribution in [0.3, 0.4) is 0 Å². The van der Waals surface area contributed by atoms with Gasteiger partial charge in [0.05, 0.1) is 17.6 Å². The van der Waals surface area contributed by atoms with Crippen molar-refractivity contribution in [1.82, 2.24) is 20.3 Å². The summed E-state index contributed by atoms with van der Waals surface area (Å²) in [5.74, 6) is -0.357. The Kier molecular flexibility index (Phi) is 5.27. The second-order valence-corrected chi connectivity index (χ2v) is 5.89. The highest BCUT2D eigenvalue weighted by Crippen LogP contribution is 2.34. The first-order valence-electron chi connectivity index (χ1n) is 8.17. The van der Waals surface area contributed by atoms with E-state index >= 15 is 0 Å². The summed E-state index contributed by atoms with van der Waals surface area (Å²) < 4.78 is 38.8. The lowest BCUT2D eigenvalue weighted by Crippen LogP contribution is -2.22. The van der Waals surface area contributed by atoms with E-state index in [9.17, 15) is 18.4 Å². The Hall–Kier alpha value is -3.13. The van der Waals surface area contributed by atoms with E-state index in [1.54, 1.807) is 6.07 Å². The third-order valence-corrected chi connectivity index (χ3v) is 4.00. The molecular formula is C16H17F3N8. The van der Waals surface area contributed by atoms with Crippen LogP contribution in [0.4, 0.5) is 36.3 Å². The molecule has 1 saturated heterocycles. The van der Waals surface area contributed by atoms with E-state index in [-0.39, 0.29) is 23.5 Å². The minimum Gasteiger partial charge on any atom is -0.379 e. The van der Waals surface area contributed by atoms with Crippen molar-refractivity contribution in [2.75, 3.05) is 36.1 Å². The van der Waals surface area contributed by atoms with E-state index in [2.05, 4.69) is 36.2 Å². The largest absolute Gasteiger partial charge is 0.421 e. The third kappa shape index (κ3) is 4.35. The van der Waals surface area contributed by atoms with Crippen LogP contribution in [-0.2, 0) is 6.18 Å². The first kappa shape index (κ1) is 18.7. The van der Waals surface area contributed by atoms with Gasteiger partial charge in [-0.25, -0.2) is 9.97 Å². The number of anilines is 4. The molecule has 27 heavy (non-hydrogen) atoms. The second kappa shape index (κ2) is 7.63. The fourth-order valence-corrected chi connectivity index (χ4v) is 2.70. The lowest BCUT2D eigenvalue weighted by molar-refractivity contribution is -0.137. The van der Waals surface area contributed by atoms with Crippen LogP contribution in [0.15, 0.2) is 18.5 Å². The van der Waals surface area contributed by atoms with Gasteiger partial charge in [0.1, 0.15) is 17.5 Å². The summed E-state index contributed by atoms with van der Waals surface area (Å²) in [6.07, 6.45) is -1.53. The van der Waals surface area contributed by atoms with Crippen LogP contribution in [0.2, 0.25) is 0 Å². The van der Waals surface area contributed by atoms with Crippen molar-refractivity contribution in [2.24, 2.45) is 0 Å². The van der Waals surface area contributed by atoms with Crippen molar-refractivity contribution in [3.8, 4) is 6.07 Å². The van der Waals surface area contributed by atoms with Crippen molar-refractivity contribution < 1.29 is 13.2 Å². The van der Waals surface area contributed by atoms with Gasteiger partial charge < -0.3 is 21.3 Å². The lowest BCUT2D eigenvalue weighted by atomic mass is 10.2. The van der Waals surface area contributed by atoms with Crippen molar-refractivity contribution in [1.29, 1.82) is 5.26 Å². The zero-order valence-electron chi connectivity index (χ0n) is 14.4. The van der Waals surface area contributed by atoms with Gasteiger partial charge in [-0.3, -0.25) is 0 Å². The smallest absolute Gasteiger partial charge is 0.379 e. The third-order valence-electron chi connectivity index (χ3n) is 4.00. The van der Waals surface area contributed by atoms with Gasteiger partial charge in [-0.05, 0) is 19.0 Å². The number of halogens is 3. The molecule has 0 unspecified atom stereocenters. The molecule has 142 valence electrons. The van der Waals surface area contributed by atoms with Crippen LogP contribution in [0, 0.1) is 11.3 Å². The SMILES string of the molecule is CNc1nc(Nc2cnc(C#N)c(N[C@H]3CCNC3)c2)ncc1C(F)(F)F. The highest BCUT2D eigenvalue weighted by molar-refractivity contribution is 5.65. The maximum atomic E-state index is 12.9. The second-order valence-electron chi connectivity index (χ2n) is 5.89. The number of pyridine rings is 1. The van der Waals surface area contributed by atoms with E-state index in [1.807, 2.05) is 6.07 Å². The number of nitriles is 1. The van der Waals surface area contributed by atoms with Crippen LogP contribution >= 0.6 is 0 Å². The summed E-state index contributed by atoms with van der Waals surface area (Å²) in [5.41, 5.74) is 0.266. The molecule has 8 nitrogen and oxygen atoms in total. The highest BCUT2D eigenvalue weighted by atomic mass is 19.4. The molecule has 0 bridgehead atoms. The molecule has 0 aromatic carbocycles. The molecule has 0 saturated carbocycles. The van der Waals surface area contributed by atoms with Crippen LogP contribution in [0.1, 0.15) is 17.7 Å². The molecule has 0 aliphatic carbocycles. The zero-order chi connectivity index (χ0) is 19.4. The normalized spacial score (nSPS) is 16.6.